The first-order valence-corrected chi connectivity index (χ1v) is 5.72. The molecule has 0 saturated heterocycles. The van der Waals surface area contributed by atoms with Gasteiger partial charge in [0.05, 0.1) is 11.5 Å². The van der Waals surface area contributed by atoms with Crippen LogP contribution in [0.1, 0.15) is 31.2 Å². The minimum absolute atomic E-state index is 0.368. The summed E-state index contributed by atoms with van der Waals surface area (Å²) in [5.74, 6) is -1.58. The van der Waals surface area contributed by atoms with Gasteiger partial charge in [-0.15, -0.1) is 0 Å². The molecule has 0 aliphatic heterocycles. The van der Waals surface area contributed by atoms with E-state index in [1.165, 1.54) is 12.1 Å². The van der Waals surface area contributed by atoms with Gasteiger partial charge in [-0.2, -0.15) is 0 Å². The Morgan fingerprint density at radius 2 is 2.00 bits per heavy atom. The first kappa shape index (κ1) is 12.0. The number of carbonyl (C=O) groups is 1. The fraction of sp³-hybridized carbons (Fsp3) is 0.462. The SMILES string of the molecule is O=C(O)C1CCC(O)(c2cccc(F)c2)CC1. The van der Waals surface area contributed by atoms with Crippen LogP contribution in [-0.2, 0) is 10.4 Å². The predicted octanol–water partition coefficient (Wildman–Crippen LogP) is 2.29. The van der Waals surface area contributed by atoms with Crippen LogP contribution >= 0.6 is 0 Å². The zero-order chi connectivity index (χ0) is 12.5. The van der Waals surface area contributed by atoms with Crippen molar-refractivity contribution in [1.82, 2.24) is 0 Å². The lowest BCUT2D eigenvalue weighted by molar-refractivity contribution is -0.145. The number of aliphatic hydroxyl groups is 1. The van der Waals surface area contributed by atoms with Crippen LogP contribution in [0.5, 0.6) is 0 Å². The molecule has 3 nitrogen and oxygen atoms in total. The topological polar surface area (TPSA) is 57.5 Å². The Hall–Kier alpha value is -1.42. The van der Waals surface area contributed by atoms with Gasteiger partial charge >= 0.3 is 5.97 Å². The summed E-state index contributed by atoms with van der Waals surface area (Å²) in [7, 11) is 0. The highest BCUT2D eigenvalue weighted by Crippen LogP contribution is 2.39. The van der Waals surface area contributed by atoms with Crippen molar-refractivity contribution in [3.8, 4) is 0 Å². The van der Waals surface area contributed by atoms with E-state index in [1.807, 2.05) is 0 Å². The quantitative estimate of drug-likeness (QED) is 0.831. The number of halogens is 1. The van der Waals surface area contributed by atoms with Gasteiger partial charge in [0, 0.05) is 0 Å². The summed E-state index contributed by atoms with van der Waals surface area (Å²) in [4.78, 5) is 10.8. The van der Waals surface area contributed by atoms with Gasteiger partial charge in [0.2, 0.25) is 0 Å². The lowest BCUT2D eigenvalue weighted by Gasteiger charge is -2.35. The molecule has 0 spiro atoms. The maximum atomic E-state index is 13.1. The standard InChI is InChI=1S/C13H15FO3/c14-11-3-1-2-10(8-11)13(17)6-4-9(5-7-13)12(15)16/h1-3,8-9,17H,4-7H2,(H,15,16). The molecule has 2 N–H and O–H groups in total. The lowest BCUT2D eigenvalue weighted by atomic mass is 9.75. The number of hydrogen-bond acceptors (Lipinski definition) is 2. The fourth-order valence-corrected chi connectivity index (χ4v) is 2.41. The normalized spacial score (nSPS) is 28.9. The Balaban J connectivity index is 2.14. The Bertz CT molecular complexity index is 422. The van der Waals surface area contributed by atoms with E-state index in [-0.39, 0.29) is 11.7 Å². The van der Waals surface area contributed by atoms with Gasteiger partial charge in [0.1, 0.15) is 5.82 Å². The second kappa shape index (κ2) is 4.45. The zero-order valence-electron chi connectivity index (χ0n) is 9.40. The van der Waals surface area contributed by atoms with Crippen LogP contribution in [-0.4, -0.2) is 16.2 Å². The molecule has 1 aromatic carbocycles. The predicted molar refractivity (Wildman–Crippen MR) is 59.9 cm³/mol. The van der Waals surface area contributed by atoms with E-state index in [0.29, 0.717) is 31.2 Å². The smallest absolute Gasteiger partial charge is 0.306 e. The summed E-state index contributed by atoms with van der Waals surface area (Å²) in [6, 6.07) is 5.90. The monoisotopic (exact) mass is 238 g/mol. The molecule has 0 aromatic heterocycles. The molecule has 0 amide bonds. The Kier molecular flexibility index (Phi) is 3.15. The first-order chi connectivity index (χ1) is 8.01. The molecular weight excluding hydrogens is 223 g/mol. The van der Waals surface area contributed by atoms with E-state index in [4.69, 9.17) is 5.11 Å². The average molecular weight is 238 g/mol. The molecule has 1 saturated carbocycles. The Labute approximate surface area is 98.9 Å². The van der Waals surface area contributed by atoms with Crippen LogP contribution in [0.25, 0.3) is 0 Å². The van der Waals surface area contributed by atoms with Crippen molar-refractivity contribution in [2.45, 2.75) is 31.3 Å². The van der Waals surface area contributed by atoms with Gasteiger partial charge in [-0.05, 0) is 43.4 Å². The number of hydrogen-bond donors (Lipinski definition) is 2. The minimum Gasteiger partial charge on any atom is -0.481 e. The first-order valence-electron chi connectivity index (χ1n) is 5.72. The van der Waals surface area contributed by atoms with Gasteiger partial charge in [0.15, 0.2) is 0 Å². The van der Waals surface area contributed by atoms with E-state index < -0.39 is 11.6 Å². The van der Waals surface area contributed by atoms with Crippen molar-refractivity contribution in [2.75, 3.05) is 0 Å². The zero-order valence-corrected chi connectivity index (χ0v) is 9.40. The molecule has 0 heterocycles. The number of benzene rings is 1. The van der Waals surface area contributed by atoms with E-state index in [2.05, 4.69) is 0 Å². The maximum Gasteiger partial charge on any atom is 0.306 e. The molecule has 1 aliphatic carbocycles. The van der Waals surface area contributed by atoms with Gasteiger partial charge in [0.25, 0.3) is 0 Å². The summed E-state index contributed by atoms with van der Waals surface area (Å²) >= 11 is 0. The molecule has 2 rings (SSSR count). The number of rotatable bonds is 2. The van der Waals surface area contributed by atoms with Crippen LogP contribution in [0, 0.1) is 11.7 Å². The van der Waals surface area contributed by atoms with E-state index in [9.17, 15) is 14.3 Å². The Morgan fingerprint density at radius 3 is 2.53 bits per heavy atom. The van der Waals surface area contributed by atoms with Crippen molar-refractivity contribution in [2.24, 2.45) is 5.92 Å². The Morgan fingerprint density at radius 1 is 1.35 bits per heavy atom. The van der Waals surface area contributed by atoms with Crippen molar-refractivity contribution in [3.05, 3.63) is 35.6 Å². The lowest BCUT2D eigenvalue weighted by Crippen LogP contribution is -2.33. The van der Waals surface area contributed by atoms with Crippen LogP contribution < -0.4 is 0 Å². The van der Waals surface area contributed by atoms with Crippen LogP contribution in [0.15, 0.2) is 24.3 Å². The largest absolute Gasteiger partial charge is 0.481 e. The van der Waals surface area contributed by atoms with Crippen molar-refractivity contribution in [1.29, 1.82) is 0 Å². The number of carboxylic acids is 1. The molecule has 4 heteroatoms. The molecule has 1 fully saturated rings. The third-order valence-electron chi connectivity index (χ3n) is 3.52. The second-order valence-corrected chi connectivity index (χ2v) is 4.65. The van der Waals surface area contributed by atoms with Crippen LogP contribution in [0.2, 0.25) is 0 Å². The molecule has 92 valence electrons. The fourth-order valence-electron chi connectivity index (χ4n) is 2.41. The summed E-state index contributed by atoms with van der Waals surface area (Å²) in [6.45, 7) is 0. The summed E-state index contributed by atoms with van der Waals surface area (Å²) in [6.07, 6.45) is 1.60. The summed E-state index contributed by atoms with van der Waals surface area (Å²) in [5, 5.41) is 19.3. The molecule has 0 radical (unpaired) electrons. The highest BCUT2D eigenvalue weighted by molar-refractivity contribution is 5.70. The molecule has 1 aromatic rings. The summed E-state index contributed by atoms with van der Waals surface area (Å²) < 4.78 is 13.1. The third-order valence-corrected chi connectivity index (χ3v) is 3.52. The van der Waals surface area contributed by atoms with Crippen molar-refractivity contribution in [3.63, 3.8) is 0 Å². The van der Waals surface area contributed by atoms with E-state index in [1.54, 1.807) is 12.1 Å². The highest BCUT2D eigenvalue weighted by atomic mass is 19.1. The van der Waals surface area contributed by atoms with E-state index >= 15 is 0 Å². The van der Waals surface area contributed by atoms with Gasteiger partial charge in [-0.3, -0.25) is 4.79 Å². The van der Waals surface area contributed by atoms with Gasteiger partial charge in [-0.25, -0.2) is 4.39 Å². The maximum absolute atomic E-state index is 13.1. The highest BCUT2D eigenvalue weighted by Gasteiger charge is 2.37. The molecule has 1 aliphatic rings. The summed E-state index contributed by atoms with van der Waals surface area (Å²) in [5.41, 5.74) is -0.532. The van der Waals surface area contributed by atoms with Crippen molar-refractivity contribution >= 4 is 5.97 Å². The number of aliphatic carboxylic acids is 1. The van der Waals surface area contributed by atoms with Crippen LogP contribution in [0.3, 0.4) is 0 Å². The second-order valence-electron chi connectivity index (χ2n) is 4.65. The minimum atomic E-state index is -1.08. The third kappa shape index (κ3) is 2.47. The average Bonchev–Trinajstić information content (AvgIpc) is 2.29. The van der Waals surface area contributed by atoms with Crippen molar-refractivity contribution < 1.29 is 19.4 Å². The van der Waals surface area contributed by atoms with E-state index in [0.717, 1.165) is 0 Å². The number of carboxylic acid groups (broad SMARTS) is 1. The van der Waals surface area contributed by atoms with Crippen LogP contribution in [0.4, 0.5) is 4.39 Å². The molecule has 0 unspecified atom stereocenters. The van der Waals surface area contributed by atoms with Gasteiger partial charge in [-0.1, -0.05) is 12.1 Å². The molecular formula is C13H15FO3. The molecule has 0 bridgehead atoms. The van der Waals surface area contributed by atoms with Gasteiger partial charge < -0.3 is 10.2 Å². The molecule has 0 atom stereocenters. The molecule has 17 heavy (non-hydrogen) atoms.